The predicted molar refractivity (Wildman–Crippen MR) is 74.9 cm³/mol. The van der Waals surface area contributed by atoms with Crippen molar-refractivity contribution in [2.75, 3.05) is 6.61 Å². The Balaban J connectivity index is 2.00. The van der Waals surface area contributed by atoms with Gasteiger partial charge in [0.2, 0.25) is 0 Å². The summed E-state index contributed by atoms with van der Waals surface area (Å²) in [6.07, 6.45) is -1.15. The van der Waals surface area contributed by atoms with Crippen LogP contribution in [0, 0.1) is 0 Å². The molecule has 1 heterocycles. The van der Waals surface area contributed by atoms with Crippen molar-refractivity contribution in [2.24, 2.45) is 11.5 Å². The zero-order valence-electron chi connectivity index (χ0n) is 11.2. The van der Waals surface area contributed by atoms with Gasteiger partial charge in [0, 0.05) is 11.3 Å². The molecule has 1 aliphatic heterocycles. The molecule has 8 N–H and O–H groups in total. The summed E-state index contributed by atoms with van der Waals surface area (Å²) >= 11 is 1.28. The molecule has 118 valence electrons. The Morgan fingerprint density at radius 2 is 1.75 bits per heavy atom. The Bertz CT molecular complexity index is 322. The number of aliphatic hydroxyl groups excluding tert-OH is 4. The SMILES string of the molecule is N[C@H]1[C@@H](O)[C@@H](CO)O[C@@H](S[C@@H]2CCC[C@H](N)[C@H]2O)[C@@H]1O. The fraction of sp³-hybridized carbons (Fsp3) is 1.00. The van der Waals surface area contributed by atoms with Crippen LogP contribution >= 0.6 is 11.8 Å². The molecule has 8 heteroatoms. The van der Waals surface area contributed by atoms with Gasteiger partial charge in [0.1, 0.15) is 23.7 Å². The third-order valence-electron chi connectivity index (χ3n) is 4.09. The molecule has 2 rings (SSSR count). The average molecular weight is 308 g/mol. The standard InChI is InChI=1S/C12H24N2O5S/c13-5-2-1-3-7(9(5)16)20-12-11(18)8(14)10(17)6(4-15)19-12/h5-12,15-18H,1-4,13-14H2/t5-,6+,7+,8-,9+,10-,11+,12-/m0/s1. The van der Waals surface area contributed by atoms with E-state index in [9.17, 15) is 20.4 Å². The summed E-state index contributed by atoms with van der Waals surface area (Å²) in [7, 11) is 0. The van der Waals surface area contributed by atoms with E-state index in [1.165, 1.54) is 11.8 Å². The molecule has 0 amide bonds. The second-order valence-corrected chi connectivity index (χ2v) is 6.89. The van der Waals surface area contributed by atoms with Crippen LogP contribution in [0.3, 0.4) is 0 Å². The lowest BCUT2D eigenvalue weighted by atomic mass is 9.93. The molecule has 1 aliphatic carbocycles. The summed E-state index contributed by atoms with van der Waals surface area (Å²) in [5, 5.41) is 39.0. The summed E-state index contributed by atoms with van der Waals surface area (Å²) in [6.45, 7) is -0.370. The largest absolute Gasteiger partial charge is 0.394 e. The Kier molecular flexibility index (Phi) is 5.66. The Hall–Kier alpha value is 0.0700. The predicted octanol–water partition coefficient (Wildman–Crippen LogP) is -2.27. The van der Waals surface area contributed by atoms with Gasteiger partial charge in [-0.1, -0.05) is 6.42 Å². The van der Waals surface area contributed by atoms with E-state index in [2.05, 4.69) is 0 Å². The topological polar surface area (TPSA) is 142 Å². The molecule has 0 aromatic rings. The van der Waals surface area contributed by atoms with Gasteiger partial charge < -0.3 is 36.6 Å². The molecule has 7 nitrogen and oxygen atoms in total. The van der Waals surface area contributed by atoms with Crippen LogP contribution in [0.1, 0.15) is 19.3 Å². The summed E-state index contributed by atoms with van der Waals surface area (Å²) in [5.41, 5.74) is 10.9. The molecule has 0 aromatic heterocycles. The van der Waals surface area contributed by atoms with Crippen molar-refractivity contribution in [2.45, 2.75) is 66.4 Å². The van der Waals surface area contributed by atoms with Crippen LogP contribution in [-0.2, 0) is 4.74 Å². The minimum Gasteiger partial charge on any atom is -0.394 e. The number of thioether (sulfide) groups is 1. The van der Waals surface area contributed by atoms with Crippen molar-refractivity contribution in [3.8, 4) is 0 Å². The molecule has 1 saturated heterocycles. The fourth-order valence-corrected chi connectivity index (χ4v) is 4.28. The molecule has 0 bridgehead atoms. The lowest BCUT2D eigenvalue weighted by molar-refractivity contribution is -0.160. The van der Waals surface area contributed by atoms with E-state index >= 15 is 0 Å². The van der Waals surface area contributed by atoms with Crippen molar-refractivity contribution in [3.63, 3.8) is 0 Å². The number of aliphatic hydroxyl groups is 4. The highest BCUT2D eigenvalue weighted by Crippen LogP contribution is 2.36. The summed E-state index contributed by atoms with van der Waals surface area (Å²) in [5.74, 6) is 0. The van der Waals surface area contributed by atoms with E-state index in [1.807, 2.05) is 0 Å². The molecule has 1 saturated carbocycles. The van der Waals surface area contributed by atoms with Crippen molar-refractivity contribution >= 4 is 11.8 Å². The van der Waals surface area contributed by atoms with Gasteiger partial charge in [-0.05, 0) is 12.8 Å². The monoisotopic (exact) mass is 308 g/mol. The van der Waals surface area contributed by atoms with Crippen molar-refractivity contribution < 1.29 is 25.2 Å². The Labute approximate surface area is 122 Å². The normalized spacial score (nSPS) is 50.1. The first kappa shape index (κ1) is 16.4. The molecular weight excluding hydrogens is 284 g/mol. The van der Waals surface area contributed by atoms with Gasteiger partial charge in [-0.15, -0.1) is 11.8 Å². The number of hydrogen-bond acceptors (Lipinski definition) is 8. The first-order valence-electron chi connectivity index (χ1n) is 6.93. The van der Waals surface area contributed by atoms with Crippen molar-refractivity contribution in [1.29, 1.82) is 0 Å². The molecule has 20 heavy (non-hydrogen) atoms. The lowest BCUT2D eigenvalue weighted by Crippen LogP contribution is -2.62. The maximum Gasteiger partial charge on any atom is 0.131 e. The van der Waals surface area contributed by atoms with Crippen LogP contribution in [-0.4, -0.2) is 74.2 Å². The first-order valence-corrected chi connectivity index (χ1v) is 7.87. The molecule has 8 atom stereocenters. The molecule has 2 fully saturated rings. The number of hydrogen-bond donors (Lipinski definition) is 6. The third kappa shape index (κ3) is 3.28. The first-order chi connectivity index (χ1) is 9.45. The molecule has 2 aliphatic rings. The highest BCUT2D eigenvalue weighted by atomic mass is 32.2. The summed E-state index contributed by atoms with van der Waals surface area (Å²) in [6, 6.07) is -1.15. The van der Waals surface area contributed by atoms with Gasteiger partial charge in [-0.25, -0.2) is 0 Å². The van der Waals surface area contributed by atoms with Gasteiger partial charge in [0.25, 0.3) is 0 Å². The molecule has 0 unspecified atom stereocenters. The van der Waals surface area contributed by atoms with E-state index in [1.54, 1.807) is 0 Å². The maximum absolute atomic E-state index is 10.1. The van der Waals surface area contributed by atoms with Crippen LogP contribution in [0.25, 0.3) is 0 Å². The van der Waals surface area contributed by atoms with E-state index < -0.39 is 35.9 Å². The number of nitrogens with two attached hydrogens (primary N) is 2. The van der Waals surface area contributed by atoms with E-state index in [4.69, 9.17) is 16.2 Å². The van der Waals surface area contributed by atoms with Gasteiger partial charge in [-0.2, -0.15) is 0 Å². The van der Waals surface area contributed by atoms with E-state index in [0.29, 0.717) is 0 Å². The van der Waals surface area contributed by atoms with Crippen LogP contribution in [0.5, 0.6) is 0 Å². The van der Waals surface area contributed by atoms with Gasteiger partial charge in [-0.3, -0.25) is 0 Å². The lowest BCUT2D eigenvalue weighted by Gasteiger charge is -2.43. The quantitative estimate of drug-likeness (QED) is 0.342. The van der Waals surface area contributed by atoms with Crippen LogP contribution < -0.4 is 11.5 Å². The van der Waals surface area contributed by atoms with Gasteiger partial charge >= 0.3 is 0 Å². The van der Waals surface area contributed by atoms with Gasteiger partial charge in [0.05, 0.1) is 18.8 Å². The zero-order chi connectivity index (χ0) is 14.9. The van der Waals surface area contributed by atoms with E-state index in [-0.39, 0.29) is 17.9 Å². The highest BCUT2D eigenvalue weighted by molar-refractivity contribution is 8.00. The number of rotatable bonds is 3. The minimum atomic E-state index is -1.11. The summed E-state index contributed by atoms with van der Waals surface area (Å²) < 4.78 is 5.50. The summed E-state index contributed by atoms with van der Waals surface area (Å²) in [4.78, 5) is 0. The van der Waals surface area contributed by atoms with Crippen molar-refractivity contribution in [1.82, 2.24) is 0 Å². The molecule has 0 aromatic carbocycles. The second kappa shape index (κ2) is 6.89. The smallest absolute Gasteiger partial charge is 0.131 e. The van der Waals surface area contributed by atoms with Crippen LogP contribution in [0.15, 0.2) is 0 Å². The van der Waals surface area contributed by atoms with Crippen LogP contribution in [0.2, 0.25) is 0 Å². The zero-order valence-corrected chi connectivity index (χ0v) is 12.0. The molecule has 0 radical (unpaired) electrons. The molecule has 0 spiro atoms. The Morgan fingerprint density at radius 1 is 1.05 bits per heavy atom. The fourth-order valence-electron chi connectivity index (χ4n) is 2.72. The number of ether oxygens (including phenoxy) is 1. The minimum absolute atomic E-state index is 0.139. The second-order valence-electron chi connectivity index (χ2n) is 5.54. The molecular formula is C12H24N2O5S. The van der Waals surface area contributed by atoms with Crippen molar-refractivity contribution in [3.05, 3.63) is 0 Å². The van der Waals surface area contributed by atoms with E-state index in [0.717, 1.165) is 19.3 Å². The Morgan fingerprint density at radius 3 is 2.40 bits per heavy atom. The van der Waals surface area contributed by atoms with Crippen LogP contribution in [0.4, 0.5) is 0 Å². The highest BCUT2D eigenvalue weighted by Gasteiger charge is 2.44. The maximum atomic E-state index is 10.1. The van der Waals surface area contributed by atoms with Gasteiger partial charge in [0.15, 0.2) is 0 Å². The third-order valence-corrected chi connectivity index (χ3v) is 5.61. The average Bonchev–Trinajstić information content (AvgIpc) is 2.44.